The van der Waals surface area contributed by atoms with Crippen LogP contribution in [0.4, 0.5) is 0 Å². The first-order valence-electron chi connectivity index (χ1n) is 8.17. The molecule has 1 aliphatic carbocycles. The number of rotatable bonds is 2. The highest BCUT2D eigenvalue weighted by molar-refractivity contribution is 5.50. The zero-order valence-corrected chi connectivity index (χ0v) is 14.1. The lowest BCUT2D eigenvalue weighted by atomic mass is 9.75. The van der Waals surface area contributed by atoms with Crippen LogP contribution in [0.2, 0.25) is 0 Å². The summed E-state index contributed by atoms with van der Waals surface area (Å²) < 4.78 is 0. The van der Waals surface area contributed by atoms with E-state index in [2.05, 4.69) is 41.5 Å². The van der Waals surface area contributed by atoms with Gasteiger partial charge in [0.05, 0.1) is 0 Å². The summed E-state index contributed by atoms with van der Waals surface area (Å²) in [5, 5.41) is 0. The highest BCUT2D eigenvalue weighted by Gasteiger charge is 2.27. The molecule has 1 aromatic carbocycles. The van der Waals surface area contributed by atoms with E-state index in [1.165, 1.54) is 59.1 Å². The van der Waals surface area contributed by atoms with Crippen LogP contribution in [0.25, 0.3) is 0 Å². The van der Waals surface area contributed by atoms with Crippen LogP contribution in [0.1, 0.15) is 72.0 Å². The van der Waals surface area contributed by atoms with Gasteiger partial charge in [0.25, 0.3) is 0 Å². The van der Waals surface area contributed by atoms with Gasteiger partial charge in [0.2, 0.25) is 0 Å². The van der Waals surface area contributed by atoms with Gasteiger partial charge in [-0.25, -0.2) is 0 Å². The largest absolute Gasteiger partial charge is 0.324 e. The summed E-state index contributed by atoms with van der Waals surface area (Å²) in [6.07, 6.45) is 5.29. The first kappa shape index (κ1) is 15.6. The van der Waals surface area contributed by atoms with Crippen molar-refractivity contribution < 1.29 is 0 Å². The van der Waals surface area contributed by atoms with Gasteiger partial charge in [-0.15, -0.1) is 0 Å². The van der Waals surface area contributed by atoms with Crippen molar-refractivity contribution in [2.24, 2.45) is 17.6 Å². The van der Waals surface area contributed by atoms with Crippen LogP contribution >= 0.6 is 0 Å². The summed E-state index contributed by atoms with van der Waals surface area (Å²) in [6, 6.07) is 0.223. The number of hydrogen-bond donors (Lipinski definition) is 1. The smallest absolute Gasteiger partial charge is 0.0328 e. The fourth-order valence-corrected chi connectivity index (χ4v) is 3.91. The van der Waals surface area contributed by atoms with Crippen LogP contribution in [0.3, 0.4) is 0 Å². The van der Waals surface area contributed by atoms with E-state index in [0.29, 0.717) is 5.92 Å². The molecule has 0 radical (unpaired) electrons. The monoisotopic (exact) mass is 273 g/mol. The predicted octanol–water partition coefficient (Wildman–Crippen LogP) is 5.05. The molecule has 1 nitrogen and oxygen atoms in total. The molecule has 0 heterocycles. The van der Waals surface area contributed by atoms with Crippen molar-refractivity contribution in [3.8, 4) is 0 Å². The minimum Gasteiger partial charge on any atom is -0.324 e. The first-order chi connectivity index (χ1) is 9.34. The van der Waals surface area contributed by atoms with Gasteiger partial charge in [-0.2, -0.15) is 0 Å². The van der Waals surface area contributed by atoms with Gasteiger partial charge in [-0.05, 0) is 92.7 Å². The molecule has 1 aromatic rings. The highest BCUT2D eigenvalue weighted by atomic mass is 14.7. The molecule has 20 heavy (non-hydrogen) atoms. The van der Waals surface area contributed by atoms with E-state index in [9.17, 15) is 0 Å². The van der Waals surface area contributed by atoms with Gasteiger partial charge in [0.1, 0.15) is 0 Å². The van der Waals surface area contributed by atoms with Crippen molar-refractivity contribution in [2.45, 2.75) is 73.3 Å². The molecule has 1 fully saturated rings. The second-order valence-corrected chi connectivity index (χ2v) is 7.08. The van der Waals surface area contributed by atoms with Gasteiger partial charge in [0, 0.05) is 6.04 Å². The van der Waals surface area contributed by atoms with Gasteiger partial charge in [-0.1, -0.05) is 19.8 Å². The molecule has 0 saturated heterocycles. The molecular weight excluding hydrogens is 242 g/mol. The van der Waals surface area contributed by atoms with Crippen molar-refractivity contribution in [2.75, 3.05) is 0 Å². The van der Waals surface area contributed by atoms with Crippen LogP contribution in [-0.4, -0.2) is 0 Å². The lowest BCUT2D eigenvalue weighted by Gasteiger charge is -2.33. The van der Waals surface area contributed by atoms with Crippen LogP contribution in [0.5, 0.6) is 0 Å². The molecule has 0 spiro atoms. The molecule has 1 heteroatoms. The topological polar surface area (TPSA) is 26.0 Å². The Labute approximate surface area is 125 Å². The Bertz CT molecular complexity index is 464. The zero-order chi connectivity index (χ0) is 15.0. The minimum atomic E-state index is 0.223. The normalized spacial score (nSPS) is 24.8. The molecular formula is C19H31N. The van der Waals surface area contributed by atoms with Crippen molar-refractivity contribution in [1.82, 2.24) is 0 Å². The molecule has 0 aliphatic heterocycles. The predicted molar refractivity (Wildman–Crippen MR) is 88.2 cm³/mol. The Balaban J connectivity index is 2.37. The third kappa shape index (κ3) is 2.65. The van der Waals surface area contributed by atoms with Crippen LogP contribution in [-0.2, 0) is 0 Å². The highest BCUT2D eigenvalue weighted by Crippen LogP contribution is 2.39. The lowest BCUT2D eigenvalue weighted by molar-refractivity contribution is 0.255. The molecule has 1 unspecified atom stereocenters. The van der Waals surface area contributed by atoms with E-state index in [1.807, 2.05) is 0 Å². The van der Waals surface area contributed by atoms with Gasteiger partial charge in [0.15, 0.2) is 0 Å². The number of nitrogens with two attached hydrogens (primary N) is 1. The third-order valence-electron chi connectivity index (χ3n) is 5.96. The lowest BCUT2D eigenvalue weighted by Crippen LogP contribution is -2.27. The fraction of sp³-hybridized carbons (Fsp3) is 0.684. The number of hydrogen-bond acceptors (Lipinski definition) is 1. The maximum Gasteiger partial charge on any atom is 0.0328 e. The zero-order valence-electron chi connectivity index (χ0n) is 14.1. The van der Waals surface area contributed by atoms with E-state index >= 15 is 0 Å². The van der Waals surface area contributed by atoms with E-state index < -0.39 is 0 Å². The molecule has 1 saturated carbocycles. The Hall–Kier alpha value is -0.820. The molecule has 0 amide bonds. The molecule has 0 aromatic heterocycles. The standard InChI is InChI=1S/C19H31N/c1-11-7-9-17(10-8-11)19(20)18-15(5)13(3)12(2)14(4)16(18)6/h11,17,19H,7-10,20H2,1-6H3. The summed E-state index contributed by atoms with van der Waals surface area (Å²) in [5.74, 6) is 1.56. The van der Waals surface area contributed by atoms with Crippen LogP contribution in [0, 0.1) is 46.5 Å². The molecule has 112 valence electrons. The summed E-state index contributed by atoms with van der Waals surface area (Å²) in [5.41, 5.74) is 15.3. The third-order valence-corrected chi connectivity index (χ3v) is 5.96. The average Bonchev–Trinajstić information content (AvgIpc) is 2.44. The SMILES string of the molecule is Cc1c(C)c(C)c(C(N)C2CCC(C)CC2)c(C)c1C. The fourth-order valence-electron chi connectivity index (χ4n) is 3.91. The minimum absolute atomic E-state index is 0.223. The summed E-state index contributed by atoms with van der Waals surface area (Å²) in [4.78, 5) is 0. The Morgan fingerprint density at radius 3 is 1.60 bits per heavy atom. The summed E-state index contributed by atoms with van der Waals surface area (Å²) in [6.45, 7) is 13.6. The van der Waals surface area contributed by atoms with E-state index in [0.717, 1.165) is 5.92 Å². The molecule has 0 bridgehead atoms. The van der Waals surface area contributed by atoms with Gasteiger partial charge >= 0.3 is 0 Å². The molecule has 1 aliphatic rings. The Kier molecular flexibility index (Phi) is 4.59. The van der Waals surface area contributed by atoms with Crippen molar-refractivity contribution in [3.63, 3.8) is 0 Å². The number of benzene rings is 1. The Morgan fingerprint density at radius 2 is 1.15 bits per heavy atom. The first-order valence-corrected chi connectivity index (χ1v) is 8.17. The van der Waals surface area contributed by atoms with Crippen LogP contribution < -0.4 is 5.73 Å². The maximum absolute atomic E-state index is 6.70. The van der Waals surface area contributed by atoms with E-state index in [-0.39, 0.29) is 6.04 Å². The quantitative estimate of drug-likeness (QED) is 0.801. The maximum atomic E-state index is 6.70. The van der Waals surface area contributed by atoms with Gasteiger partial charge in [-0.3, -0.25) is 0 Å². The summed E-state index contributed by atoms with van der Waals surface area (Å²) >= 11 is 0. The second-order valence-electron chi connectivity index (χ2n) is 7.08. The Morgan fingerprint density at radius 1 is 0.750 bits per heavy atom. The molecule has 1 atom stereocenters. The molecule has 2 rings (SSSR count). The molecule has 2 N–H and O–H groups in total. The van der Waals surface area contributed by atoms with E-state index in [1.54, 1.807) is 0 Å². The van der Waals surface area contributed by atoms with Crippen molar-refractivity contribution >= 4 is 0 Å². The van der Waals surface area contributed by atoms with Gasteiger partial charge < -0.3 is 5.73 Å². The van der Waals surface area contributed by atoms with Crippen molar-refractivity contribution in [1.29, 1.82) is 0 Å². The van der Waals surface area contributed by atoms with E-state index in [4.69, 9.17) is 5.73 Å². The van der Waals surface area contributed by atoms with Crippen LogP contribution in [0.15, 0.2) is 0 Å². The average molecular weight is 273 g/mol. The second kappa shape index (κ2) is 5.89. The van der Waals surface area contributed by atoms with Crippen molar-refractivity contribution in [3.05, 3.63) is 33.4 Å². The summed E-state index contributed by atoms with van der Waals surface area (Å²) in [7, 11) is 0.